The van der Waals surface area contributed by atoms with Gasteiger partial charge in [-0.15, -0.1) is 0 Å². The van der Waals surface area contributed by atoms with Gasteiger partial charge in [-0.05, 0) is 68.1 Å². The first-order valence-corrected chi connectivity index (χ1v) is 13.7. The molecule has 2 saturated carbocycles. The molecule has 2 amide bonds. The van der Waals surface area contributed by atoms with E-state index in [2.05, 4.69) is 17.6 Å². The molecule has 8 heteroatoms. The van der Waals surface area contributed by atoms with E-state index in [1.807, 2.05) is 13.8 Å². The predicted octanol–water partition coefficient (Wildman–Crippen LogP) is 3.41. The number of carbonyl (C=O) groups is 2. The minimum atomic E-state index is -3.67. The van der Waals surface area contributed by atoms with Crippen molar-refractivity contribution in [3.63, 3.8) is 0 Å². The highest BCUT2D eigenvalue weighted by Gasteiger charge is 2.42. The van der Waals surface area contributed by atoms with E-state index < -0.39 is 22.0 Å². The summed E-state index contributed by atoms with van der Waals surface area (Å²) in [7, 11) is -3.67. The summed E-state index contributed by atoms with van der Waals surface area (Å²) < 4.78 is 27.0. The lowest BCUT2D eigenvalue weighted by atomic mass is 9.84. The van der Waals surface area contributed by atoms with Crippen LogP contribution in [0.15, 0.2) is 29.2 Å². The van der Waals surface area contributed by atoms with Crippen molar-refractivity contribution in [3.8, 4) is 0 Å². The minimum Gasteiger partial charge on any atom is -0.352 e. The van der Waals surface area contributed by atoms with Gasteiger partial charge in [0.25, 0.3) is 5.91 Å². The van der Waals surface area contributed by atoms with Gasteiger partial charge in [0.05, 0.1) is 4.90 Å². The van der Waals surface area contributed by atoms with Gasteiger partial charge >= 0.3 is 0 Å². The van der Waals surface area contributed by atoms with E-state index in [0.29, 0.717) is 24.9 Å². The molecule has 0 aromatic heterocycles. The molecule has 2 fully saturated rings. The smallest absolute Gasteiger partial charge is 0.251 e. The lowest BCUT2D eigenvalue weighted by molar-refractivity contribution is -0.125. The molecule has 0 unspecified atom stereocenters. The largest absolute Gasteiger partial charge is 0.352 e. The molecular formula is C25H39N3O4S. The van der Waals surface area contributed by atoms with Crippen molar-refractivity contribution in [2.45, 2.75) is 77.3 Å². The van der Waals surface area contributed by atoms with Crippen molar-refractivity contribution in [2.24, 2.45) is 23.7 Å². The van der Waals surface area contributed by atoms with Gasteiger partial charge in [-0.25, -0.2) is 8.42 Å². The normalized spacial score (nSPS) is 24.2. The van der Waals surface area contributed by atoms with Gasteiger partial charge in [-0.3, -0.25) is 9.59 Å². The molecular weight excluding hydrogens is 438 g/mol. The van der Waals surface area contributed by atoms with Crippen molar-refractivity contribution in [1.29, 1.82) is 0 Å². The third-order valence-electron chi connectivity index (χ3n) is 7.48. The molecule has 0 aliphatic heterocycles. The van der Waals surface area contributed by atoms with Gasteiger partial charge < -0.3 is 10.6 Å². The van der Waals surface area contributed by atoms with Crippen molar-refractivity contribution in [2.75, 3.05) is 13.1 Å². The number of hydrogen-bond donors (Lipinski definition) is 2. The first kappa shape index (κ1) is 25.7. The van der Waals surface area contributed by atoms with E-state index in [1.54, 1.807) is 26.0 Å². The quantitative estimate of drug-likeness (QED) is 0.540. The van der Waals surface area contributed by atoms with Gasteiger partial charge in [0.15, 0.2) is 0 Å². The van der Waals surface area contributed by atoms with E-state index in [1.165, 1.54) is 42.1 Å². The summed E-state index contributed by atoms with van der Waals surface area (Å²) >= 11 is 0. The fraction of sp³-hybridized carbons (Fsp3) is 0.680. The molecule has 0 saturated heterocycles. The molecule has 5 atom stereocenters. The molecule has 2 N–H and O–H groups in total. The van der Waals surface area contributed by atoms with Crippen molar-refractivity contribution >= 4 is 21.8 Å². The van der Waals surface area contributed by atoms with Crippen LogP contribution in [0.4, 0.5) is 0 Å². The van der Waals surface area contributed by atoms with E-state index in [0.717, 1.165) is 5.92 Å². The number of nitrogens with one attached hydrogen (secondary N) is 2. The minimum absolute atomic E-state index is 0.0773. The maximum Gasteiger partial charge on any atom is 0.251 e. The Balaban J connectivity index is 1.69. The second-order valence-electron chi connectivity index (χ2n) is 9.95. The lowest BCUT2D eigenvalue weighted by Gasteiger charge is -2.31. The van der Waals surface area contributed by atoms with E-state index in [9.17, 15) is 18.0 Å². The molecule has 3 rings (SSSR count). The average Bonchev–Trinajstić information content (AvgIpc) is 3.41. The first-order chi connectivity index (χ1) is 15.6. The second-order valence-corrected chi connectivity index (χ2v) is 11.9. The molecule has 1 aromatic rings. The Morgan fingerprint density at radius 1 is 1.06 bits per heavy atom. The van der Waals surface area contributed by atoms with Crippen molar-refractivity contribution in [3.05, 3.63) is 29.8 Å². The van der Waals surface area contributed by atoms with Crippen LogP contribution >= 0.6 is 0 Å². The third-order valence-corrected chi connectivity index (χ3v) is 9.53. The molecule has 2 aliphatic carbocycles. The summed E-state index contributed by atoms with van der Waals surface area (Å²) in [4.78, 5) is 26.2. The molecule has 184 valence electrons. The number of benzene rings is 1. The molecule has 7 nitrogen and oxygen atoms in total. The lowest BCUT2D eigenvalue weighted by Crippen LogP contribution is -2.53. The zero-order valence-electron chi connectivity index (χ0n) is 20.5. The molecule has 0 heterocycles. The second kappa shape index (κ2) is 10.6. The highest BCUT2D eigenvalue weighted by molar-refractivity contribution is 7.89. The van der Waals surface area contributed by atoms with Crippen molar-refractivity contribution < 1.29 is 18.0 Å². The Hall–Kier alpha value is -1.93. The number of fused-ring (bicyclic) bond motifs is 2. The van der Waals surface area contributed by atoms with Crippen LogP contribution in [0.25, 0.3) is 0 Å². The summed E-state index contributed by atoms with van der Waals surface area (Å²) in [5.74, 6) is 1.28. The number of rotatable bonds is 10. The van der Waals surface area contributed by atoms with Crippen LogP contribution in [-0.2, 0) is 14.8 Å². The van der Waals surface area contributed by atoms with Gasteiger partial charge in [0.1, 0.15) is 6.04 Å². The maximum absolute atomic E-state index is 13.1. The number of carbonyl (C=O) groups excluding carboxylic acids is 2. The maximum atomic E-state index is 13.1. The van der Waals surface area contributed by atoms with Crippen LogP contribution in [0.2, 0.25) is 0 Å². The topological polar surface area (TPSA) is 95.6 Å². The van der Waals surface area contributed by atoms with Crippen LogP contribution in [0.3, 0.4) is 0 Å². The first-order valence-electron chi connectivity index (χ1n) is 12.3. The zero-order chi connectivity index (χ0) is 24.3. The highest BCUT2D eigenvalue weighted by atomic mass is 32.2. The van der Waals surface area contributed by atoms with E-state index in [-0.39, 0.29) is 28.3 Å². The number of hydrogen-bond acceptors (Lipinski definition) is 4. The Kier molecular flexibility index (Phi) is 8.22. The van der Waals surface area contributed by atoms with Gasteiger partial charge in [0, 0.05) is 24.7 Å². The van der Waals surface area contributed by atoms with E-state index >= 15 is 0 Å². The number of sulfonamides is 1. The van der Waals surface area contributed by atoms with Crippen LogP contribution in [-0.4, -0.2) is 49.7 Å². The standard InChI is InChI=1S/C25H39N3O4S/c1-6-28(7-2)33(31,32)21-10-8-9-20(15-21)24(29)27-23(16(3)4)25(30)26-17(5)22-14-18-11-12-19(22)13-18/h8-10,15-19,22-23H,6-7,11-14H2,1-5H3,(H,26,30)(H,27,29)/t17-,18-,19-,22+,23+/m1/s1. The van der Waals surface area contributed by atoms with E-state index in [4.69, 9.17) is 0 Å². The summed E-state index contributed by atoms with van der Waals surface area (Å²) in [6.07, 6.45) is 5.03. The predicted molar refractivity (Wildman–Crippen MR) is 129 cm³/mol. The van der Waals surface area contributed by atoms with Gasteiger partial charge in [0.2, 0.25) is 15.9 Å². The Bertz CT molecular complexity index is 958. The molecule has 2 aliphatic rings. The van der Waals surface area contributed by atoms with Crippen LogP contribution in [0, 0.1) is 23.7 Å². The summed E-state index contributed by atoms with van der Waals surface area (Å²) in [5.41, 5.74) is 0.225. The average molecular weight is 478 g/mol. The fourth-order valence-corrected chi connectivity index (χ4v) is 7.10. The summed E-state index contributed by atoms with van der Waals surface area (Å²) in [5, 5.41) is 5.99. The van der Waals surface area contributed by atoms with Crippen LogP contribution < -0.4 is 10.6 Å². The molecule has 33 heavy (non-hydrogen) atoms. The van der Waals surface area contributed by atoms with Crippen LogP contribution in [0.5, 0.6) is 0 Å². The van der Waals surface area contributed by atoms with Gasteiger partial charge in [-0.1, -0.05) is 40.2 Å². The molecule has 1 aromatic carbocycles. The Labute approximate surface area is 198 Å². The monoisotopic (exact) mass is 477 g/mol. The highest BCUT2D eigenvalue weighted by Crippen LogP contribution is 2.49. The number of nitrogens with zero attached hydrogens (tertiary/aromatic N) is 1. The molecule has 0 radical (unpaired) electrons. The summed E-state index contributed by atoms with van der Waals surface area (Å²) in [6, 6.07) is 5.40. The van der Waals surface area contributed by atoms with Gasteiger partial charge in [-0.2, -0.15) is 4.31 Å². The van der Waals surface area contributed by atoms with Crippen molar-refractivity contribution in [1.82, 2.24) is 14.9 Å². The fourth-order valence-electron chi connectivity index (χ4n) is 5.60. The zero-order valence-corrected chi connectivity index (χ0v) is 21.3. The SMILES string of the molecule is CCN(CC)S(=O)(=O)c1cccc(C(=O)N[C@H](C(=O)N[C@H](C)[C@@H]2C[C@@H]3CC[C@@H]2C3)C(C)C)c1. The summed E-state index contributed by atoms with van der Waals surface area (Å²) in [6.45, 7) is 10.1. The molecule has 0 spiro atoms. The number of amides is 2. The molecule has 2 bridgehead atoms. The Morgan fingerprint density at radius 3 is 2.30 bits per heavy atom. The van der Waals surface area contributed by atoms with Crippen LogP contribution in [0.1, 0.15) is 70.7 Å². The Morgan fingerprint density at radius 2 is 1.76 bits per heavy atom. The third kappa shape index (κ3) is 5.60.